The maximum absolute atomic E-state index is 13.9. The van der Waals surface area contributed by atoms with Crippen LogP contribution in [-0.2, 0) is 10.0 Å². The zero-order valence-electron chi connectivity index (χ0n) is 11.7. The van der Waals surface area contributed by atoms with Crippen LogP contribution in [0.5, 0.6) is 0 Å². The standard InChI is InChI=1S/C14H16FN3O2S/c1-10(11-5-7-17-8-6-11)18(2)21(19,20)14-4-3-12(16)9-13(14)15/h3-10H,16H2,1-2H3. The van der Waals surface area contributed by atoms with E-state index in [1.54, 1.807) is 31.5 Å². The third-order valence-corrected chi connectivity index (χ3v) is 5.31. The summed E-state index contributed by atoms with van der Waals surface area (Å²) >= 11 is 0. The third kappa shape index (κ3) is 3.03. The molecule has 7 heteroatoms. The van der Waals surface area contributed by atoms with Gasteiger partial charge in [-0.3, -0.25) is 4.98 Å². The van der Waals surface area contributed by atoms with E-state index in [-0.39, 0.29) is 10.6 Å². The predicted octanol–water partition coefficient (Wildman–Crippen LogP) is 2.18. The lowest BCUT2D eigenvalue weighted by molar-refractivity contribution is 0.395. The Balaban J connectivity index is 2.39. The second-order valence-corrected chi connectivity index (χ2v) is 6.63. The van der Waals surface area contributed by atoms with Crippen molar-refractivity contribution in [3.63, 3.8) is 0 Å². The minimum Gasteiger partial charge on any atom is -0.399 e. The molecule has 112 valence electrons. The number of sulfonamides is 1. The molecule has 2 N–H and O–H groups in total. The quantitative estimate of drug-likeness (QED) is 0.878. The number of benzene rings is 1. The first-order valence-electron chi connectivity index (χ1n) is 6.27. The number of nitrogens with two attached hydrogens (primary N) is 1. The van der Waals surface area contributed by atoms with Gasteiger partial charge in [0.25, 0.3) is 0 Å². The molecule has 0 saturated carbocycles. The van der Waals surface area contributed by atoms with Gasteiger partial charge in [-0.2, -0.15) is 4.31 Å². The first kappa shape index (κ1) is 15.4. The fourth-order valence-corrected chi connectivity index (χ4v) is 3.34. The first-order chi connectivity index (χ1) is 9.84. The van der Waals surface area contributed by atoms with Crippen molar-refractivity contribution in [2.45, 2.75) is 17.9 Å². The molecule has 1 aromatic carbocycles. The second-order valence-electron chi connectivity index (χ2n) is 4.67. The molecule has 1 aromatic heterocycles. The van der Waals surface area contributed by atoms with Crippen molar-refractivity contribution in [3.8, 4) is 0 Å². The number of halogens is 1. The molecule has 1 heterocycles. The smallest absolute Gasteiger partial charge is 0.246 e. The summed E-state index contributed by atoms with van der Waals surface area (Å²) in [6.07, 6.45) is 3.16. The van der Waals surface area contributed by atoms with Gasteiger partial charge in [-0.05, 0) is 42.8 Å². The molecule has 5 nitrogen and oxygen atoms in total. The highest BCUT2D eigenvalue weighted by molar-refractivity contribution is 7.89. The Morgan fingerprint density at radius 2 is 1.86 bits per heavy atom. The molecule has 0 radical (unpaired) electrons. The predicted molar refractivity (Wildman–Crippen MR) is 78.4 cm³/mol. The van der Waals surface area contributed by atoms with E-state index in [0.717, 1.165) is 15.9 Å². The van der Waals surface area contributed by atoms with Gasteiger partial charge in [-0.1, -0.05) is 0 Å². The maximum Gasteiger partial charge on any atom is 0.246 e. The third-order valence-electron chi connectivity index (χ3n) is 3.35. The number of nitrogen functional groups attached to an aromatic ring is 1. The number of hydrogen-bond donors (Lipinski definition) is 1. The fraction of sp³-hybridized carbons (Fsp3) is 0.214. The van der Waals surface area contributed by atoms with Gasteiger partial charge in [0.1, 0.15) is 10.7 Å². The molecule has 1 unspecified atom stereocenters. The molecule has 0 spiro atoms. The monoisotopic (exact) mass is 309 g/mol. The van der Waals surface area contributed by atoms with Crippen molar-refractivity contribution >= 4 is 15.7 Å². The van der Waals surface area contributed by atoms with Gasteiger partial charge in [-0.25, -0.2) is 12.8 Å². The number of nitrogens with zero attached hydrogens (tertiary/aromatic N) is 2. The van der Waals surface area contributed by atoms with E-state index >= 15 is 0 Å². The first-order valence-corrected chi connectivity index (χ1v) is 7.71. The van der Waals surface area contributed by atoms with Gasteiger partial charge >= 0.3 is 0 Å². The fourth-order valence-electron chi connectivity index (χ4n) is 1.94. The van der Waals surface area contributed by atoms with Crippen LogP contribution in [0.4, 0.5) is 10.1 Å². The minimum absolute atomic E-state index is 0.177. The summed E-state index contributed by atoms with van der Waals surface area (Å²) in [6.45, 7) is 1.72. The molecule has 2 rings (SSSR count). The zero-order chi connectivity index (χ0) is 15.6. The highest BCUT2D eigenvalue weighted by Crippen LogP contribution is 2.27. The summed E-state index contributed by atoms with van der Waals surface area (Å²) in [5, 5.41) is 0. The number of aromatic nitrogens is 1. The molecular formula is C14H16FN3O2S. The Morgan fingerprint density at radius 3 is 2.43 bits per heavy atom. The summed E-state index contributed by atoms with van der Waals surface area (Å²) in [6, 6.07) is 6.52. The van der Waals surface area contributed by atoms with E-state index in [1.165, 1.54) is 19.2 Å². The van der Waals surface area contributed by atoms with Crippen LogP contribution in [0.3, 0.4) is 0 Å². The summed E-state index contributed by atoms with van der Waals surface area (Å²) in [5.74, 6) is -0.858. The SMILES string of the molecule is CC(c1ccncc1)N(C)S(=O)(=O)c1ccc(N)cc1F. The molecule has 0 aliphatic carbocycles. The number of pyridine rings is 1. The van der Waals surface area contributed by atoms with Crippen molar-refractivity contribution in [3.05, 3.63) is 54.1 Å². The van der Waals surface area contributed by atoms with Crippen LogP contribution in [0, 0.1) is 5.82 Å². The van der Waals surface area contributed by atoms with Gasteiger partial charge in [-0.15, -0.1) is 0 Å². The van der Waals surface area contributed by atoms with Crippen LogP contribution in [-0.4, -0.2) is 24.8 Å². The Labute approximate surface area is 123 Å². The number of anilines is 1. The lowest BCUT2D eigenvalue weighted by Crippen LogP contribution is -2.30. The van der Waals surface area contributed by atoms with E-state index in [4.69, 9.17) is 5.73 Å². The molecule has 0 aliphatic heterocycles. The van der Waals surface area contributed by atoms with E-state index in [0.29, 0.717) is 0 Å². The minimum atomic E-state index is -3.95. The van der Waals surface area contributed by atoms with Crippen molar-refractivity contribution < 1.29 is 12.8 Å². The normalized spacial score (nSPS) is 13.3. The van der Waals surface area contributed by atoms with E-state index in [2.05, 4.69) is 4.98 Å². The molecule has 0 aliphatic rings. The Kier molecular flexibility index (Phi) is 4.24. The van der Waals surface area contributed by atoms with Crippen LogP contribution in [0.15, 0.2) is 47.6 Å². The van der Waals surface area contributed by atoms with E-state index < -0.39 is 21.9 Å². The topological polar surface area (TPSA) is 76.3 Å². The van der Waals surface area contributed by atoms with Crippen molar-refractivity contribution in [1.82, 2.24) is 9.29 Å². The number of rotatable bonds is 4. The van der Waals surface area contributed by atoms with Gasteiger partial charge in [0.2, 0.25) is 10.0 Å². The van der Waals surface area contributed by atoms with Crippen molar-refractivity contribution in [1.29, 1.82) is 0 Å². The summed E-state index contributed by atoms with van der Waals surface area (Å²) in [5.41, 5.74) is 6.39. The average Bonchev–Trinajstić information content (AvgIpc) is 2.46. The molecular weight excluding hydrogens is 293 g/mol. The lowest BCUT2D eigenvalue weighted by atomic mass is 10.1. The summed E-state index contributed by atoms with van der Waals surface area (Å²) in [7, 11) is -2.54. The largest absolute Gasteiger partial charge is 0.399 e. The highest BCUT2D eigenvalue weighted by Gasteiger charge is 2.28. The van der Waals surface area contributed by atoms with E-state index in [1.807, 2.05) is 0 Å². The van der Waals surface area contributed by atoms with Crippen molar-refractivity contribution in [2.75, 3.05) is 12.8 Å². The molecule has 1 atom stereocenters. The number of hydrogen-bond acceptors (Lipinski definition) is 4. The van der Waals surface area contributed by atoms with Crippen molar-refractivity contribution in [2.24, 2.45) is 0 Å². The maximum atomic E-state index is 13.9. The molecule has 0 saturated heterocycles. The molecule has 0 bridgehead atoms. The Bertz CT molecular complexity index is 735. The lowest BCUT2D eigenvalue weighted by Gasteiger charge is -2.24. The van der Waals surface area contributed by atoms with Crippen LogP contribution < -0.4 is 5.73 Å². The zero-order valence-corrected chi connectivity index (χ0v) is 12.5. The highest BCUT2D eigenvalue weighted by atomic mass is 32.2. The molecule has 0 fully saturated rings. The van der Waals surface area contributed by atoms with E-state index in [9.17, 15) is 12.8 Å². The van der Waals surface area contributed by atoms with Crippen LogP contribution in [0.1, 0.15) is 18.5 Å². The Hall–Kier alpha value is -1.99. The van der Waals surface area contributed by atoms with Crippen LogP contribution >= 0.6 is 0 Å². The average molecular weight is 309 g/mol. The van der Waals surface area contributed by atoms with Crippen LogP contribution in [0.2, 0.25) is 0 Å². The molecule has 2 aromatic rings. The van der Waals surface area contributed by atoms with Gasteiger partial charge in [0, 0.05) is 31.2 Å². The molecule has 21 heavy (non-hydrogen) atoms. The molecule has 0 amide bonds. The van der Waals surface area contributed by atoms with Gasteiger partial charge < -0.3 is 5.73 Å². The van der Waals surface area contributed by atoms with Gasteiger partial charge in [0.15, 0.2) is 0 Å². The summed E-state index contributed by atoms with van der Waals surface area (Å²) in [4.78, 5) is 3.50. The Morgan fingerprint density at radius 1 is 1.24 bits per heavy atom. The van der Waals surface area contributed by atoms with Gasteiger partial charge in [0.05, 0.1) is 0 Å². The summed E-state index contributed by atoms with van der Waals surface area (Å²) < 4.78 is 40.0. The second kappa shape index (κ2) is 5.79. The van der Waals surface area contributed by atoms with Crippen LogP contribution in [0.25, 0.3) is 0 Å².